The fourth-order valence-electron chi connectivity index (χ4n) is 1.50. The van der Waals surface area contributed by atoms with E-state index in [2.05, 4.69) is 45.2 Å². The fraction of sp³-hybridized carbons (Fsp3) is 0.857. The number of nitrogens with one attached hydrogen (secondary N) is 1. The highest BCUT2D eigenvalue weighted by Crippen LogP contribution is 2.09. The molecule has 0 aromatic heterocycles. The Hall–Kier alpha value is -0.300. The SMILES string of the molecule is CC(C)CCCCCC=CCNC(C)C. The lowest BCUT2D eigenvalue weighted by atomic mass is 10.0. The summed E-state index contributed by atoms with van der Waals surface area (Å²) in [5, 5.41) is 3.38. The molecule has 0 saturated carbocycles. The summed E-state index contributed by atoms with van der Waals surface area (Å²) in [7, 11) is 0. The van der Waals surface area contributed by atoms with E-state index in [4.69, 9.17) is 0 Å². The van der Waals surface area contributed by atoms with E-state index < -0.39 is 0 Å². The van der Waals surface area contributed by atoms with Crippen molar-refractivity contribution in [1.82, 2.24) is 5.32 Å². The Bertz CT molecular complexity index is 147. The van der Waals surface area contributed by atoms with Gasteiger partial charge in [-0.1, -0.05) is 59.1 Å². The van der Waals surface area contributed by atoms with Crippen LogP contribution in [-0.2, 0) is 0 Å². The van der Waals surface area contributed by atoms with Crippen LogP contribution in [0, 0.1) is 5.92 Å². The lowest BCUT2D eigenvalue weighted by molar-refractivity contribution is 0.528. The minimum absolute atomic E-state index is 0.598. The topological polar surface area (TPSA) is 12.0 Å². The van der Waals surface area contributed by atoms with Crippen LogP contribution in [0.1, 0.15) is 59.8 Å². The van der Waals surface area contributed by atoms with Gasteiger partial charge in [0.2, 0.25) is 0 Å². The minimum atomic E-state index is 0.598. The van der Waals surface area contributed by atoms with Crippen molar-refractivity contribution >= 4 is 0 Å². The molecule has 0 aliphatic carbocycles. The minimum Gasteiger partial charge on any atom is -0.311 e. The van der Waals surface area contributed by atoms with Gasteiger partial charge < -0.3 is 5.32 Å². The van der Waals surface area contributed by atoms with Crippen LogP contribution >= 0.6 is 0 Å². The molecule has 0 amide bonds. The average molecular weight is 211 g/mol. The first-order chi connectivity index (χ1) is 7.13. The van der Waals surface area contributed by atoms with Crippen molar-refractivity contribution in [2.45, 2.75) is 65.8 Å². The van der Waals surface area contributed by atoms with E-state index in [0.717, 1.165) is 12.5 Å². The molecule has 0 aliphatic rings. The number of hydrogen-bond donors (Lipinski definition) is 1. The summed E-state index contributed by atoms with van der Waals surface area (Å²) in [6.07, 6.45) is 11.3. The molecule has 0 heterocycles. The molecule has 0 radical (unpaired) electrons. The summed E-state index contributed by atoms with van der Waals surface area (Å²) in [6, 6.07) is 0.598. The first kappa shape index (κ1) is 14.7. The van der Waals surface area contributed by atoms with E-state index >= 15 is 0 Å². The maximum Gasteiger partial charge on any atom is 0.0137 e. The van der Waals surface area contributed by atoms with Crippen molar-refractivity contribution in [3.8, 4) is 0 Å². The fourth-order valence-corrected chi connectivity index (χ4v) is 1.50. The Morgan fingerprint density at radius 3 is 2.27 bits per heavy atom. The van der Waals surface area contributed by atoms with Gasteiger partial charge in [-0.2, -0.15) is 0 Å². The largest absolute Gasteiger partial charge is 0.311 e. The molecule has 0 rings (SSSR count). The van der Waals surface area contributed by atoms with E-state index in [9.17, 15) is 0 Å². The Balaban J connectivity index is 3.10. The van der Waals surface area contributed by atoms with Crippen LogP contribution in [0.3, 0.4) is 0 Å². The standard InChI is InChI=1S/C14H29N/c1-13(2)11-9-7-5-6-8-10-12-15-14(3)4/h8,10,13-15H,5-7,9,11-12H2,1-4H3. The molecule has 0 fully saturated rings. The van der Waals surface area contributed by atoms with Crippen molar-refractivity contribution in [2.75, 3.05) is 6.54 Å². The zero-order chi connectivity index (χ0) is 11.5. The van der Waals surface area contributed by atoms with E-state index in [1.54, 1.807) is 0 Å². The molecular weight excluding hydrogens is 182 g/mol. The van der Waals surface area contributed by atoms with Gasteiger partial charge in [0, 0.05) is 12.6 Å². The zero-order valence-corrected chi connectivity index (χ0v) is 11.1. The van der Waals surface area contributed by atoms with Crippen LogP contribution in [0.2, 0.25) is 0 Å². The second-order valence-corrected chi connectivity index (χ2v) is 5.07. The van der Waals surface area contributed by atoms with E-state index in [0.29, 0.717) is 6.04 Å². The Morgan fingerprint density at radius 2 is 1.67 bits per heavy atom. The summed E-state index contributed by atoms with van der Waals surface area (Å²) in [5.74, 6) is 0.871. The van der Waals surface area contributed by atoms with Gasteiger partial charge >= 0.3 is 0 Å². The molecule has 1 N–H and O–H groups in total. The third-order valence-electron chi connectivity index (χ3n) is 2.46. The lowest BCUT2D eigenvalue weighted by Crippen LogP contribution is -2.22. The quantitative estimate of drug-likeness (QED) is 0.446. The molecule has 0 saturated heterocycles. The van der Waals surface area contributed by atoms with Gasteiger partial charge in [0.25, 0.3) is 0 Å². The van der Waals surface area contributed by atoms with Gasteiger partial charge in [-0.05, 0) is 18.8 Å². The third kappa shape index (κ3) is 13.7. The third-order valence-corrected chi connectivity index (χ3v) is 2.46. The summed E-state index contributed by atoms with van der Waals surface area (Å²) in [5.41, 5.74) is 0. The molecule has 0 aromatic carbocycles. The smallest absolute Gasteiger partial charge is 0.0137 e. The molecule has 0 spiro atoms. The normalized spacial score (nSPS) is 12.1. The molecule has 0 atom stereocenters. The predicted octanol–water partition coefficient (Wildman–Crippen LogP) is 4.15. The number of hydrogen-bond acceptors (Lipinski definition) is 1. The first-order valence-corrected chi connectivity index (χ1v) is 6.51. The molecule has 0 bridgehead atoms. The molecule has 0 aromatic rings. The first-order valence-electron chi connectivity index (χ1n) is 6.51. The molecular formula is C14H29N. The van der Waals surface area contributed by atoms with Crippen LogP contribution in [0.15, 0.2) is 12.2 Å². The number of allylic oxidation sites excluding steroid dienone is 1. The highest BCUT2D eigenvalue weighted by Gasteiger charge is 1.93. The van der Waals surface area contributed by atoms with E-state index in [-0.39, 0.29) is 0 Å². The molecule has 15 heavy (non-hydrogen) atoms. The maximum absolute atomic E-state index is 3.38. The summed E-state index contributed by atoms with van der Waals surface area (Å²) < 4.78 is 0. The van der Waals surface area contributed by atoms with Crippen molar-refractivity contribution < 1.29 is 0 Å². The average Bonchev–Trinajstić information content (AvgIpc) is 2.14. The number of rotatable bonds is 9. The van der Waals surface area contributed by atoms with Crippen molar-refractivity contribution in [2.24, 2.45) is 5.92 Å². The van der Waals surface area contributed by atoms with Crippen molar-refractivity contribution in [3.63, 3.8) is 0 Å². The van der Waals surface area contributed by atoms with Crippen LogP contribution in [0.4, 0.5) is 0 Å². The summed E-state index contributed by atoms with van der Waals surface area (Å²) >= 11 is 0. The van der Waals surface area contributed by atoms with Crippen LogP contribution in [0.25, 0.3) is 0 Å². The van der Waals surface area contributed by atoms with Gasteiger partial charge in [0.15, 0.2) is 0 Å². The van der Waals surface area contributed by atoms with Gasteiger partial charge in [0.05, 0.1) is 0 Å². The van der Waals surface area contributed by atoms with Gasteiger partial charge in [-0.25, -0.2) is 0 Å². The van der Waals surface area contributed by atoms with E-state index in [1.165, 1.54) is 32.1 Å². The molecule has 0 aliphatic heterocycles. The summed E-state index contributed by atoms with van der Waals surface area (Å²) in [4.78, 5) is 0. The van der Waals surface area contributed by atoms with Crippen LogP contribution in [-0.4, -0.2) is 12.6 Å². The van der Waals surface area contributed by atoms with Gasteiger partial charge in [0.1, 0.15) is 0 Å². The second kappa shape index (κ2) is 10.2. The Kier molecular flexibility index (Phi) is 10.0. The van der Waals surface area contributed by atoms with Crippen LogP contribution in [0.5, 0.6) is 0 Å². The predicted molar refractivity (Wildman–Crippen MR) is 70.2 cm³/mol. The molecule has 0 unspecified atom stereocenters. The lowest BCUT2D eigenvalue weighted by Gasteiger charge is -2.04. The zero-order valence-electron chi connectivity index (χ0n) is 11.1. The van der Waals surface area contributed by atoms with Gasteiger partial charge in [-0.15, -0.1) is 0 Å². The van der Waals surface area contributed by atoms with Crippen molar-refractivity contribution in [1.29, 1.82) is 0 Å². The Morgan fingerprint density at radius 1 is 0.933 bits per heavy atom. The molecule has 1 heteroatoms. The van der Waals surface area contributed by atoms with Crippen LogP contribution < -0.4 is 5.32 Å². The second-order valence-electron chi connectivity index (χ2n) is 5.07. The number of unbranched alkanes of at least 4 members (excludes halogenated alkanes) is 3. The molecule has 1 nitrogen and oxygen atoms in total. The Labute approximate surface area is 96.3 Å². The highest BCUT2D eigenvalue weighted by atomic mass is 14.9. The van der Waals surface area contributed by atoms with E-state index in [1.807, 2.05) is 0 Å². The van der Waals surface area contributed by atoms with Gasteiger partial charge in [-0.3, -0.25) is 0 Å². The molecule has 90 valence electrons. The summed E-state index contributed by atoms with van der Waals surface area (Å²) in [6.45, 7) is 9.98. The highest BCUT2D eigenvalue weighted by molar-refractivity contribution is 4.84. The monoisotopic (exact) mass is 211 g/mol. The van der Waals surface area contributed by atoms with Crippen molar-refractivity contribution in [3.05, 3.63) is 12.2 Å². The maximum atomic E-state index is 3.38.